The number of hydrogen-bond acceptors (Lipinski definition) is 4. The number of carbonyl (C=O) groups is 1. The average Bonchev–Trinajstić information content (AvgIpc) is 2.89. The van der Waals surface area contributed by atoms with E-state index in [4.69, 9.17) is 4.74 Å². The average molecular weight is 260 g/mol. The molecule has 0 fully saturated rings. The topological polar surface area (TPSA) is 51.2 Å². The monoisotopic (exact) mass is 260 g/mol. The molecule has 0 spiro atoms. The van der Waals surface area contributed by atoms with Crippen molar-refractivity contribution < 1.29 is 9.53 Å². The molecule has 1 aromatic heterocycles. The molecular weight excluding hydrogens is 248 g/mol. The van der Waals surface area contributed by atoms with Gasteiger partial charge in [-0.05, 0) is 18.1 Å². The van der Waals surface area contributed by atoms with Crippen molar-refractivity contribution in [2.24, 2.45) is 0 Å². The third kappa shape index (κ3) is 2.36. The number of nitrogens with one attached hydrogen (secondary N) is 1. The number of hydrogen-bond donors (Lipinski definition) is 1. The van der Waals surface area contributed by atoms with Crippen LogP contribution in [-0.2, 0) is 17.8 Å². The molecule has 1 aliphatic rings. The highest BCUT2D eigenvalue weighted by Gasteiger charge is 2.14. The Morgan fingerprint density at radius 2 is 2.33 bits per heavy atom. The first kappa shape index (κ1) is 11.2. The van der Waals surface area contributed by atoms with Crippen molar-refractivity contribution >= 4 is 22.9 Å². The summed E-state index contributed by atoms with van der Waals surface area (Å²) in [6.45, 7) is 0.511. The van der Waals surface area contributed by atoms with Crippen LogP contribution in [0.5, 0.6) is 5.75 Å². The third-order valence-electron chi connectivity index (χ3n) is 2.84. The molecule has 5 heteroatoms. The summed E-state index contributed by atoms with van der Waals surface area (Å²) in [6, 6.07) is 5.83. The summed E-state index contributed by atoms with van der Waals surface area (Å²) < 4.78 is 5.67. The van der Waals surface area contributed by atoms with Crippen molar-refractivity contribution in [1.29, 1.82) is 0 Å². The van der Waals surface area contributed by atoms with Crippen molar-refractivity contribution in [3.05, 3.63) is 40.3 Å². The Balaban J connectivity index is 1.73. The Bertz CT molecular complexity index is 566. The van der Waals surface area contributed by atoms with E-state index in [1.165, 1.54) is 5.56 Å². The van der Waals surface area contributed by atoms with Crippen molar-refractivity contribution in [2.45, 2.75) is 19.4 Å². The van der Waals surface area contributed by atoms with Crippen LogP contribution in [0.2, 0.25) is 0 Å². The van der Waals surface area contributed by atoms with Crippen LogP contribution in [0.1, 0.15) is 16.9 Å². The molecule has 0 atom stereocenters. The summed E-state index contributed by atoms with van der Waals surface area (Å²) in [6.07, 6.45) is 3.16. The molecule has 0 unspecified atom stereocenters. The zero-order chi connectivity index (χ0) is 12.4. The first-order chi connectivity index (χ1) is 8.81. The van der Waals surface area contributed by atoms with E-state index in [2.05, 4.69) is 10.3 Å². The minimum atomic E-state index is 0.0714. The number of fused-ring (bicyclic) bond motifs is 1. The number of benzene rings is 1. The minimum absolute atomic E-state index is 0.0714. The maximum absolute atomic E-state index is 11.3. The van der Waals surface area contributed by atoms with Gasteiger partial charge in [0.05, 0.1) is 10.4 Å². The summed E-state index contributed by atoms with van der Waals surface area (Å²) in [5.41, 5.74) is 3.82. The Labute approximate surface area is 109 Å². The molecule has 92 valence electrons. The van der Waals surface area contributed by atoms with Gasteiger partial charge in [0.25, 0.3) is 0 Å². The summed E-state index contributed by atoms with van der Waals surface area (Å²) >= 11 is 1.57. The number of aryl methyl sites for hydroxylation is 1. The van der Waals surface area contributed by atoms with Gasteiger partial charge in [0, 0.05) is 24.4 Å². The van der Waals surface area contributed by atoms with E-state index >= 15 is 0 Å². The normalized spacial score (nSPS) is 13.9. The first-order valence-electron chi connectivity index (χ1n) is 5.74. The van der Waals surface area contributed by atoms with Crippen LogP contribution >= 0.6 is 11.3 Å². The van der Waals surface area contributed by atoms with Gasteiger partial charge in [-0.25, -0.2) is 0 Å². The molecule has 1 aliphatic heterocycles. The molecule has 0 saturated carbocycles. The van der Waals surface area contributed by atoms with Crippen LogP contribution in [-0.4, -0.2) is 10.9 Å². The number of aromatic nitrogens is 1. The molecule has 18 heavy (non-hydrogen) atoms. The lowest BCUT2D eigenvalue weighted by molar-refractivity contribution is -0.116. The molecule has 4 nitrogen and oxygen atoms in total. The van der Waals surface area contributed by atoms with E-state index in [-0.39, 0.29) is 5.91 Å². The predicted molar refractivity (Wildman–Crippen MR) is 69.8 cm³/mol. The van der Waals surface area contributed by atoms with E-state index in [0.717, 1.165) is 22.7 Å². The lowest BCUT2D eigenvalue weighted by Gasteiger charge is -2.17. The van der Waals surface area contributed by atoms with Gasteiger partial charge in [-0.1, -0.05) is 6.07 Å². The number of anilines is 1. The van der Waals surface area contributed by atoms with Crippen molar-refractivity contribution in [2.75, 3.05) is 5.32 Å². The number of nitrogens with zero attached hydrogens (tertiary/aromatic N) is 1. The van der Waals surface area contributed by atoms with Gasteiger partial charge in [0.2, 0.25) is 5.91 Å². The summed E-state index contributed by atoms with van der Waals surface area (Å²) in [4.78, 5) is 16.4. The molecule has 2 aromatic rings. The van der Waals surface area contributed by atoms with E-state index in [0.29, 0.717) is 13.0 Å². The van der Waals surface area contributed by atoms with Crippen molar-refractivity contribution in [3.63, 3.8) is 0 Å². The number of ether oxygens (including phenoxy) is 1. The van der Waals surface area contributed by atoms with Crippen LogP contribution < -0.4 is 10.1 Å². The fraction of sp³-hybridized carbons (Fsp3) is 0.231. The minimum Gasteiger partial charge on any atom is -0.488 e. The lowest BCUT2D eigenvalue weighted by Crippen LogP contribution is -2.18. The van der Waals surface area contributed by atoms with Crippen molar-refractivity contribution in [1.82, 2.24) is 4.98 Å². The van der Waals surface area contributed by atoms with Crippen LogP contribution in [0.4, 0.5) is 5.69 Å². The molecule has 0 radical (unpaired) electrons. The van der Waals surface area contributed by atoms with Gasteiger partial charge in [0.1, 0.15) is 12.4 Å². The predicted octanol–water partition coefficient (Wildman–Crippen LogP) is 2.61. The Hall–Kier alpha value is -1.88. The highest BCUT2D eigenvalue weighted by molar-refractivity contribution is 7.09. The largest absolute Gasteiger partial charge is 0.488 e. The first-order valence-corrected chi connectivity index (χ1v) is 6.62. The van der Waals surface area contributed by atoms with E-state index < -0.39 is 0 Å². The maximum atomic E-state index is 11.3. The Morgan fingerprint density at radius 1 is 1.39 bits per heavy atom. The molecule has 1 amide bonds. The van der Waals surface area contributed by atoms with Crippen molar-refractivity contribution in [3.8, 4) is 5.75 Å². The van der Waals surface area contributed by atoms with Gasteiger partial charge < -0.3 is 10.1 Å². The van der Waals surface area contributed by atoms with E-state index in [1.54, 1.807) is 23.0 Å². The molecule has 2 heterocycles. The SMILES string of the molecule is O=C1CCc2ccc(OCc3cncs3)cc2N1. The number of thiazole rings is 1. The molecule has 0 bridgehead atoms. The van der Waals surface area contributed by atoms with Gasteiger partial charge in [-0.3, -0.25) is 9.78 Å². The Kier molecular flexibility index (Phi) is 2.98. The molecule has 1 N–H and O–H groups in total. The third-order valence-corrected chi connectivity index (χ3v) is 3.59. The van der Waals surface area contributed by atoms with Gasteiger partial charge in [-0.15, -0.1) is 11.3 Å². The number of rotatable bonds is 3. The quantitative estimate of drug-likeness (QED) is 0.923. The van der Waals surface area contributed by atoms with Crippen LogP contribution in [0.3, 0.4) is 0 Å². The summed E-state index contributed by atoms with van der Waals surface area (Å²) in [5.74, 6) is 0.839. The molecule has 0 saturated heterocycles. The fourth-order valence-electron chi connectivity index (χ4n) is 1.91. The summed E-state index contributed by atoms with van der Waals surface area (Å²) in [5, 5.41) is 2.86. The zero-order valence-corrected chi connectivity index (χ0v) is 10.5. The summed E-state index contributed by atoms with van der Waals surface area (Å²) in [7, 11) is 0. The lowest BCUT2D eigenvalue weighted by atomic mass is 10.0. The standard InChI is InChI=1S/C13H12N2O2S/c16-13-4-2-9-1-3-10(5-12(9)15-13)17-7-11-6-14-8-18-11/h1,3,5-6,8H,2,4,7H2,(H,15,16). The molecule has 0 aliphatic carbocycles. The van der Waals surface area contributed by atoms with E-state index in [1.807, 2.05) is 18.2 Å². The number of carbonyl (C=O) groups excluding carboxylic acids is 1. The molecule has 1 aromatic carbocycles. The van der Waals surface area contributed by atoms with Crippen LogP contribution in [0.25, 0.3) is 0 Å². The van der Waals surface area contributed by atoms with Gasteiger partial charge in [0.15, 0.2) is 0 Å². The van der Waals surface area contributed by atoms with Gasteiger partial charge in [-0.2, -0.15) is 0 Å². The second kappa shape index (κ2) is 4.78. The highest BCUT2D eigenvalue weighted by atomic mass is 32.1. The van der Waals surface area contributed by atoms with E-state index in [9.17, 15) is 4.79 Å². The second-order valence-electron chi connectivity index (χ2n) is 4.12. The zero-order valence-electron chi connectivity index (χ0n) is 9.68. The highest BCUT2D eigenvalue weighted by Crippen LogP contribution is 2.27. The Morgan fingerprint density at radius 3 is 3.17 bits per heavy atom. The maximum Gasteiger partial charge on any atom is 0.224 e. The van der Waals surface area contributed by atoms with Crippen LogP contribution in [0, 0.1) is 0 Å². The second-order valence-corrected chi connectivity index (χ2v) is 5.09. The molecule has 3 rings (SSSR count). The molecular formula is C13H12N2O2S. The van der Waals surface area contributed by atoms with Crippen LogP contribution in [0.15, 0.2) is 29.9 Å². The fourth-order valence-corrected chi connectivity index (χ4v) is 2.41. The number of amides is 1. The van der Waals surface area contributed by atoms with Gasteiger partial charge >= 0.3 is 0 Å². The smallest absolute Gasteiger partial charge is 0.224 e.